The van der Waals surface area contributed by atoms with Gasteiger partial charge in [0.15, 0.2) is 0 Å². The van der Waals surface area contributed by atoms with Crippen molar-refractivity contribution in [2.45, 2.75) is 0 Å². The maximum absolute atomic E-state index is 8.96. The van der Waals surface area contributed by atoms with E-state index in [4.69, 9.17) is 21.0 Å². The molecule has 0 saturated heterocycles. The largest absolute Gasteiger partial charge is 0.435 e. The van der Waals surface area contributed by atoms with Crippen LogP contribution in [0.15, 0.2) is 30.6 Å². The number of hydrogen-bond donors (Lipinski definition) is 1. The Bertz CT molecular complexity index is 669. The minimum Gasteiger partial charge on any atom is -0.435 e. The zero-order valence-electron chi connectivity index (χ0n) is 9.16. The van der Waals surface area contributed by atoms with Crippen LogP contribution in [0.4, 0.5) is 5.69 Å². The van der Waals surface area contributed by atoms with Crippen LogP contribution < -0.4 is 10.5 Å². The summed E-state index contributed by atoms with van der Waals surface area (Å²) in [4.78, 5) is 7.70. The summed E-state index contributed by atoms with van der Waals surface area (Å²) in [5.74, 6) is 0.338. The van der Waals surface area contributed by atoms with Gasteiger partial charge in [0.25, 0.3) is 5.88 Å². The summed E-state index contributed by atoms with van der Waals surface area (Å²) in [6, 6.07) is 8.44. The molecule has 0 amide bonds. The number of nitrogens with zero attached hydrogens (tertiary/aromatic N) is 4. The van der Waals surface area contributed by atoms with Crippen molar-refractivity contribution >= 4 is 5.69 Å². The van der Waals surface area contributed by atoms with Gasteiger partial charge in [0.1, 0.15) is 17.9 Å². The smallest absolute Gasteiger partial charge is 0.256 e. The van der Waals surface area contributed by atoms with E-state index in [1.807, 2.05) is 12.1 Å². The van der Waals surface area contributed by atoms with E-state index in [1.165, 1.54) is 18.5 Å². The summed E-state index contributed by atoms with van der Waals surface area (Å²) in [5, 5.41) is 17.8. The maximum Gasteiger partial charge on any atom is 0.256 e. The number of anilines is 1. The first-order chi connectivity index (χ1) is 8.74. The van der Waals surface area contributed by atoms with E-state index >= 15 is 0 Å². The Kier molecular flexibility index (Phi) is 3.04. The number of ether oxygens (including phenoxy) is 1. The van der Waals surface area contributed by atoms with Gasteiger partial charge >= 0.3 is 0 Å². The molecule has 0 bridgehead atoms. The maximum atomic E-state index is 8.96. The van der Waals surface area contributed by atoms with Gasteiger partial charge in [-0.05, 0) is 18.2 Å². The van der Waals surface area contributed by atoms with Gasteiger partial charge in [-0.2, -0.15) is 10.5 Å². The minimum absolute atomic E-state index is 0.0539. The highest BCUT2D eigenvalue weighted by molar-refractivity contribution is 5.54. The second-order valence-electron chi connectivity index (χ2n) is 3.29. The molecule has 0 unspecified atom stereocenters. The van der Waals surface area contributed by atoms with Crippen LogP contribution in [0.5, 0.6) is 11.6 Å². The molecule has 86 valence electrons. The van der Waals surface area contributed by atoms with Crippen molar-refractivity contribution in [1.82, 2.24) is 9.97 Å². The molecule has 0 spiro atoms. The monoisotopic (exact) mass is 237 g/mol. The van der Waals surface area contributed by atoms with E-state index in [-0.39, 0.29) is 22.9 Å². The SMILES string of the molecule is N#Cc1cc(N)ccc1Oc1nccnc1C#N. The van der Waals surface area contributed by atoms with Crippen molar-refractivity contribution in [1.29, 1.82) is 10.5 Å². The van der Waals surface area contributed by atoms with Crippen LogP contribution in [0.1, 0.15) is 11.3 Å². The van der Waals surface area contributed by atoms with Crippen LogP contribution >= 0.6 is 0 Å². The topological polar surface area (TPSA) is 109 Å². The summed E-state index contributed by atoms with van der Waals surface area (Å²) >= 11 is 0. The second-order valence-corrected chi connectivity index (χ2v) is 3.29. The Balaban J connectivity index is 2.41. The Morgan fingerprint density at radius 2 is 1.89 bits per heavy atom. The molecule has 2 rings (SSSR count). The fourth-order valence-corrected chi connectivity index (χ4v) is 1.30. The highest BCUT2D eigenvalue weighted by Crippen LogP contribution is 2.26. The number of hydrogen-bond acceptors (Lipinski definition) is 6. The Morgan fingerprint density at radius 3 is 2.61 bits per heavy atom. The van der Waals surface area contributed by atoms with Gasteiger partial charge in [0, 0.05) is 18.1 Å². The van der Waals surface area contributed by atoms with Crippen LogP contribution in [0.3, 0.4) is 0 Å². The van der Waals surface area contributed by atoms with E-state index in [1.54, 1.807) is 12.1 Å². The first-order valence-electron chi connectivity index (χ1n) is 4.93. The van der Waals surface area contributed by atoms with Gasteiger partial charge in [0.05, 0.1) is 5.56 Å². The summed E-state index contributed by atoms with van der Waals surface area (Å²) in [7, 11) is 0. The number of nitriles is 2. The number of rotatable bonds is 2. The van der Waals surface area contributed by atoms with Crippen LogP contribution in [0.2, 0.25) is 0 Å². The predicted molar refractivity (Wildman–Crippen MR) is 62.4 cm³/mol. The standard InChI is InChI=1S/C12H7N5O/c13-6-8-5-9(15)1-2-11(8)18-12-10(7-14)16-3-4-17-12/h1-5H,15H2. The molecule has 1 heterocycles. The van der Waals surface area contributed by atoms with Crippen molar-refractivity contribution in [2.24, 2.45) is 0 Å². The molecule has 6 nitrogen and oxygen atoms in total. The van der Waals surface area contributed by atoms with Gasteiger partial charge in [-0.15, -0.1) is 0 Å². The normalized spacial score (nSPS) is 9.22. The van der Waals surface area contributed by atoms with Gasteiger partial charge in [-0.3, -0.25) is 0 Å². The van der Waals surface area contributed by atoms with Crippen LogP contribution in [-0.2, 0) is 0 Å². The fraction of sp³-hybridized carbons (Fsp3) is 0. The highest BCUT2D eigenvalue weighted by atomic mass is 16.5. The van der Waals surface area contributed by atoms with E-state index in [0.29, 0.717) is 5.69 Å². The van der Waals surface area contributed by atoms with Crippen LogP contribution in [0.25, 0.3) is 0 Å². The first kappa shape index (κ1) is 11.4. The van der Waals surface area contributed by atoms with Crippen LogP contribution in [-0.4, -0.2) is 9.97 Å². The first-order valence-corrected chi connectivity index (χ1v) is 4.93. The van der Waals surface area contributed by atoms with Crippen molar-refractivity contribution in [2.75, 3.05) is 5.73 Å². The molecular formula is C12H7N5O. The van der Waals surface area contributed by atoms with Crippen molar-refractivity contribution in [3.63, 3.8) is 0 Å². The molecule has 0 aliphatic rings. The Hall–Kier alpha value is -3.12. The molecule has 18 heavy (non-hydrogen) atoms. The third-order valence-corrected chi connectivity index (χ3v) is 2.10. The lowest BCUT2D eigenvalue weighted by molar-refractivity contribution is 0.457. The van der Waals surface area contributed by atoms with Crippen molar-refractivity contribution in [3.8, 4) is 23.8 Å². The molecule has 0 radical (unpaired) electrons. The van der Waals surface area contributed by atoms with E-state index < -0.39 is 0 Å². The number of nitrogen functional groups attached to an aromatic ring is 1. The molecule has 0 atom stereocenters. The second kappa shape index (κ2) is 4.81. The van der Waals surface area contributed by atoms with Gasteiger partial charge in [-0.1, -0.05) is 0 Å². The van der Waals surface area contributed by atoms with Crippen LogP contribution in [0, 0.1) is 22.7 Å². The summed E-state index contributed by atoms with van der Waals surface area (Å²) in [6.45, 7) is 0. The molecule has 0 aliphatic carbocycles. The molecular weight excluding hydrogens is 230 g/mol. The summed E-state index contributed by atoms with van der Waals surface area (Å²) in [5.41, 5.74) is 6.34. The molecule has 1 aromatic heterocycles. The average Bonchev–Trinajstić information content (AvgIpc) is 2.41. The lowest BCUT2D eigenvalue weighted by atomic mass is 10.2. The molecule has 2 aromatic rings. The molecule has 0 saturated carbocycles. The van der Waals surface area contributed by atoms with Crippen molar-refractivity contribution < 1.29 is 4.74 Å². The van der Waals surface area contributed by atoms with E-state index in [2.05, 4.69) is 9.97 Å². The molecule has 2 N–H and O–H groups in total. The summed E-state index contributed by atoms with van der Waals surface area (Å²) in [6.07, 6.45) is 2.79. The minimum atomic E-state index is 0.0539. The third kappa shape index (κ3) is 2.18. The van der Waals surface area contributed by atoms with Gasteiger partial charge < -0.3 is 10.5 Å². The lowest BCUT2D eigenvalue weighted by Crippen LogP contribution is -1.96. The average molecular weight is 237 g/mol. The molecule has 0 fully saturated rings. The quantitative estimate of drug-likeness (QED) is 0.794. The number of aromatic nitrogens is 2. The van der Waals surface area contributed by atoms with E-state index in [9.17, 15) is 0 Å². The third-order valence-electron chi connectivity index (χ3n) is 2.10. The highest BCUT2D eigenvalue weighted by Gasteiger charge is 2.10. The zero-order valence-corrected chi connectivity index (χ0v) is 9.16. The summed E-state index contributed by atoms with van der Waals surface area (Å²) < 4.78 is 5.40. The molecule has 0 aliphatic heterocycles. The molecule has 1 aromatic carbocycles. The lowest BCUT2D eigenvalue weighted by Gasteiger charge is -2.07. The van der Waals surface area contributed by atoms with Crippen molar-refractivity contribution in [3.05, 3.63) is 41.9 Å². The molecule has 6 heteroatoms. The number of benzene rings is 1. The van der Waals surface area contributed by atoms with Gasteiger partial charge in [0.2, 0.25) is 5.69 Å². The Labute approximate surface area is 103 Å². The van der Waals surface area contributed by atoms with Gasteiger partial charge in [-0.25, -0.2) is 9.97 Å². The number of nitrogens with two attached hydrogens (primary N) is 1. The Morgan fingerprint density at radius 1 is 1.11 bits per heavy atom. The predicted octanol–water partition coefficient (Wildman–Crippen LogP) is 1.59. The fourth-order valence-electron chi connectivity index (χ4n) is 1.30. The van der Waals surface area contributed by atoms with E-state index in [0.717, 1.165) is 0 Å². The zero-order chi connectivity index (χ0) is 13.0.